The minimum absolute atomic E-state index is 0.214. The van der Waals surface area contributed by atoms with Crippen LogP contribution in [0.5, 0.6) is 0 Å². The van der Waals surface area contributed by atoms with Crippen molar-refractivity contribution < 1.29 is 9.68 Å². The van der Waals surface area contributed by atoms with Crippen LogP contribution in [-0.2, 0) is 9.68 Å². The van der Waals surface area contributed by atoms with Crippen molar-refractivity contribution in [1.82, 2.24) is 15.0 Å². The summed E-state index contributed by atoms with van der Waals surface area (Å²) in [4.78, 5) is 23.3. The van der Waals surface area contributed by atoms with E-state index < -0.39 is 0 Å². The molecule has 0 atom stereocenters. The highest BCUT2D eigenvalue weighted by Crippen LogP contribution is 2.31. The zero-order valence-corrected chi connectivity index (χ0v) is 15.5. The Labute approximate surface area is 159 Å². The third-order valence-electron chi connectivity index (χ3n) is 3.47. The molecule has 138 valence electrons. The van der Waals surface area contributed by atoms with Crippen molar-refractivity contribution >= 4 is 23.0 Å². The van der Waals surface area contributed by atoms with Gasteiger partial charge < -0.3 is 21.1 Å². The molecule has 9 nitrogen and oxygen atoms in total. The molecular formula is C17H17N7O2S. The van der Waals surface area contributed by atoms with Gasteiger partial charge in [-0.3, -0.25) is 9.97 Å². The molecule has 0 amide bonds. The molecule has 3 aromatic rings. The number of nitrogens with two attached hydrogens (primary N) is 2. The van der Waals surface area contributed by atoms with Crippen molar-refractivity contribution in [2.24, 2.45) is 21.8 Å². The number of hydrogen-bond donors (Lipinski definition) is 2. The van der Waals surface area contributed by atoms with Crippen LogP contribution in [0.1, 0.15) is 11.4 Å². The molecule has 0 aromatic carbocycles. The second-order valence-corrected chi connectivity index (χ2v) is 6.24. The summed E-state index contributed by atoms with van der Waals surface area (Å²) in [6, 6.07) is 7.33. The lowest BCUT2D eigenvalue weighted by Gasteiger charge is -2.01. The minimum Gasteiger partial charge on any atom is -0.397 e. The maximum absolute atomic E-state index is 5.75. The highest BCUT2D eigenvalue weighted by molar-refractivity contribution is 7.18. The SMILES string of the molecule is CO/N=C(\N)c1ccc(-c2cnc(-c3ccc(/C(N)=N\OC)nc3)s2)cn1. The Morgan fingerprint density at radius 3 is 1.85 bits per heavy atom. The van der Waals surface area contributed by atoms with Gasteiger partial charge in [0.2, 0.25) is 0 Å². The van der Waals surface area contributed by atoms with Gasteiger partial charge in [-0.2, -0.15) is 0 Å². The average molecular weight is 383 g/mol. The van der Waals surface area contributed by atoms with Crippen molar-refractivity contribution in [2.45, 2.75) is 0 Å². The van der Waals surface area contributed by atoms with Crippen molar-refractivity contribution in [3.63, 3.8) is 0 Å². The molecule has 10 heteroatoms. The average Bonchev–Trinajstić information content (AvgIpc) is 3.19. The Kier molecular flexibility index (Phi) is 5.57. The fourth-order valence-electron chi connectivity index (χ4n) is 2.19. The minimum atomic E-state index is 0.214. The summed E-state index contributed by atoms with van der Waals surface area (Å²) in [6.45, 7) is 0. The van der Waals surface area contributed by atoms with Crippen LogP contribution in [-0.4, -0.2) is 40.8 Å². The van der Waals surface area contributed by atoms with Gasteiger partial charge in [0.1, 0.15) is 30.6 Å². The number of pyridine rings is 2. The Hall–Kier alpha value is -3.53. The Morgan fingerprint density at radius 1 is 0.815 bits per heavy atom. The van der Waals surface area contributed by atoms with Crippen molar-refractivity contribution in [3.8, 4) is 21.0 Å². The van der Waals surface area contributed by atoms with Crippen LogP contribution in [0.15, 0.2) is 53.2 Å². The summed E-state index contributed by atoms with van der Waals surface area (Å²) < 4.78 is 0. The lowest BCUT2D eigenvalue weighted by Crippen LogP contribution is -2.15. The molecule has 3 aromatic heterocycles. The molecule has 0 radical (unpaired) electrons. The second kappa shape index (κ2) is 8.23. The highest BCUT2D eigenvalue weighted by Gasteiger charge is 2.10. The first kappa shape index (κ1) is 18.3. The number of aromatic nitrogens is 3. The van der Waals surface area contributed by atoms with Gasteiger partial charge in [0.25, 0.3) is 0 Å². The molecule has 0 aliphatic rings. The zero-order valence-electron chi connectivity index (χ0n) is 14.7. The van der Waals surface area contributed by atoms with Gasteiger partial charge in [-0.15, -0.1) is 11.3 Å². The monoisotopic (exact) mass is 383 g/mol. The number of amidine groups is 2. The number of nitrogens with zero attached hydrogens (tertiary/aromatic N) is 5. The van der Waals surface area contributed by atoms with Crippen LogP contribution < -0.4 is 11.5 Å². The van der Waals surface area contributed by atoms with E-state index in [0.29, 0.717) is 11.4 Å². The van der Waals surface area contributed by atoms with Gasteiger partial charge >= 0.3 is 0 Å². The van der Waals surface area contributed by atoms with Gasteiger partial charge in [-0.1, -0.05) is 10.3 Å². The van der Waals surface area contributed by atoms with Gasteiger partial charge in [0.15, 0.2) is 11.7 Å². The molecule has 0 spiro atoms. The van der Waals surface area contributed by atoms with Crippen LogP contribution in [0.3, 0.4) is 0 Å². The molecular weight excluding hydrogens is 366 g/mol. The first-order chi connectivity index (χ1) is 13.1. The third-order valence-corrected chi connectivity index (χ3v) is 4.56. The second-order valence-electron chi connectivity index (χ2n) is 5.21. The fourth-order valence-corrected chi connectivity index (χ4v) is 3.09. The van der Waals surface area contributed by atoms with Crippen molar-refractivity contribution in [3.05, 3.63) is 54.2 Å². The standard InChI is InChI=1S/C17H17N7O2S/c1-25-23-15(18)12-5-3-10(7-20-12)14-9-22-17(27-14)11-4-6-13(21-8-11)16(19)24-26-2/h3-9H,1-2H3,(H2,18,23)(H2,19,24). The normalized spacial score (nSPS) is 12.1. The van der Waals surface area contributed by atoms with E-state index in [1.54, 1.807) is 30.7 Å². The molecule has 0 unspecified atom stereocenters. The maximum atomic E-state index is 5.75. The maximum Gasteiger partial charge on any atom is 0.188 e. The molecule has 0 saturated carbocycles. The molecule has 0 saturated heterocycles. The summed E-state index contributed by atoms with van der Waals surface area (Å²) >= 11 is 1.52. The third kappa shape index (κ3) is 4.18. The topological polar surface area (TPSA) is 134 Å². The summed E-state index contributed by atoms with van der Waals surface area (Å²) in [5.74, 6) is 0.433. The molecule has 3 heterocycles. The van der Waals surface area contributed by atoms with Crippen LogP contribution in [0.4, 0.5) is 0 Å². The van der Waals surface area contributed by atoms with E-state index >= 15 is 0 Å². The van der Waals surface area contributed by atoms with E-state index in [2.05, 4.69) is 34.9 Å². The summed E-state index contributed by atoms with van der Waals surface area (Å²) in [5, 5.41) is 8.15. The molecule has 0 fully saturated rings. The molecule has 27 heavy (non-hydrogen) atoms. The summed E-state index contributed by atoms with van der Waals surface area (Å²) in [6.07, 6.45) is 5.20. The van der Waals surface area contributed by atoms with Crippen LogP contribution in [0.25, 0.3) is 21.0 Å². The molecule has 4 N–H and O–H groups in total. The predicted molar refractivity (Wildman–Crippen MR) is 104 cm³/mol. The molecule has 0 bridgehead atoms. The number of hydrogen-bond acceptors (Lipinski definition) is 8. The lowest BCUT2D eigenvalue weighted by molar-refractivity contribution is 0.213. The van der Waals surface area contributed by atoms with Crippen LogP contribution >= 0.6 is 11.3 Å². The van der Waals surface area contributed by atoms with Gasteiger partial charge in [0.05, 0.1) is 4.88 Å². The molecule has 3 rings (SSSR count). The van der Waals surface area contributed by atoms with Gasteiger partial charge in [0, 0.05) is 29.7 Å². The van der Waals surface area contributed by atoms with E-state index in [0.717, 1.165) is 21.0 Å². The number of oxime groups is 2. The summed E-state index contributed by atoms with van der Waals surface area (Å²) in [5.41, 5.74) is 14.4. The largest absolute Gasteiger partial charge is 0.397 e. The fraction of sp³-hybridized carbons (Fsp3) is 0.118. The smallest absolute Gasteiger partial charge is 0.188 e. The number of rotatable bonds is 6. The Morgan fingerprint density at radius 2 is 1.37 bits per heavy atom. The molecule has 0 aliphatic carbocycles. The van der Waals surface area contributed by atoms with Gasteiger partial charge in [-0.05, 0) is 24.3 Å². The molecule has 0 aliphatic heterocycles. The van der Waals surface area contributed by atoms with Crippen LogP contribution in [0, 0.1) is 0 Å². The Bertz CT molecular complexity index is 888. The highest BCUT2D eigenvalue weighted by atomic mass is 32.1. The lowest BCUT2D eigenvalue weighted by atomic mass is 10.2. The van der Waals surface area contributed by atoms with E-state index in [9.17, 15) is 0 Å². The first-order valence-corrected chi connectivity index (χ1v) is 8.56. The van der Waals surface area contributed by atoms with E-state index in [1.165, 1.54) is 25.6 Å². The Balaban J connectivity index is 1.80. The quantitative estimate of drug-likeness (QED) is 0.376. The zero-order chi connectivity index (χ0) is 19.2. The summed E-state index contributed by atoms with van der Waals surface area (Å²) in [7, 11) is 2.86. The van der Waals surface area contributed by atoms with E-state index in [-0.39, 0.29) is 11.7 Å². The van der Waals surface area contributed by atoms with E-state index in [4.69, 9.17) is 11.5 Å². The van der Waals surface area contributed by atoms with Crippen LogP contribution in [0.2, 0.25) is 0 Å². The predicted octanol–water partition coefficient (Wildman–Crippen LogP) is 1.80. The number of thiazole rings is 1. The van der Waals surface area contributed by atoms with E-state index in [1.807, 2.05) is 12.1 Å². The van der Waals surface area contributed by atoms with Crippen molar-refractivity contribution in [2.75, 3.05) is 14.2 Å². The van der Waals surface area contributed by atoms with Crippen molar-refractivity contribution in [1.29, 1.82) is 0 Å². The van der Waals surface area contributed by atoms with Gasteiger partial charge in [-0.25, -0.2) is 4.98 Å². The first-order valence-electron chi connectivity index (χ1n) is 7.75.